The molecule has 2 N–H and O–H groups in total. The van der Waals surface area contributed by atoms with Crippen molar-refractivity contribution in [1.82, 2.24) is 9.78 Å². The van der Waals surface area contributed by atoms with Crippen LogP contribution in [0.2, 0.25) is 0 Å². The quantitative estimate of drug-likeness (QED) is 0.461. The monoisotopic (exact) mass is 397 g/mol. The van der Waals surface area contributed by atoms with Crippen molar-refractivity contribution in [3.8, 4) is 11.3 Å². The molecule has 3 rings (SSSR count). The number of nitro groups is 2. The van der Waals surface area contributed by atoms with Crippen molar-refractivity contribution in [2.45, 2.75) is 20.1 Å². The molecule has 1 aromatic heterocycles. The zero-order valence-electron chi connectivity index (χ0n) is 15.8. The molecule has 2 aromatic carbocycles. The van der Waals surface area contributed by atoms with Gasteiger partial charge in [0.05, 0.1) is 22.1 Å². The van der Waals surface area contributed by atoms with E-state index in [4.69, 9.17) is 0 Å². The molecule has 0 saturated heterocycles. The van der Waals surface area contributed by atoms with Gasteiger partial charge in [-0.25, -0.2) is 0 Å². The van der Waals surface area contributed by atoms with Crippen LogP contribution in [-0.4, -0.2) is 24.7 Å². The van der Waals surface area contributed by atoms with Crippen molar-refractivity contribution in [2.24, 2.45) is 7.05 Å². The lowest BCUT2D eigenvalue weighted by Crippen LogP contribution is -2.09. The van der Waals surface area contributed by atoms with E-state index in [2.05, 4.69) is 10.4 Å². The summed E-state index contributed by atoms with van der Waals surface area (Å²) in [5.74, 6) is 0. The Hall–Kier alpha value is -3.79. The molecule has 10 nitrogen and oxygen atoms in total. The van der Waals surface area contributed by atoms with Crippen molar-refractivity contribution in [3.05, 3.63) is 79.5 Å². The third kappa shape index (κ3) is 3.92. The van der Waals surface area contributed by atoms with Crippen molar-refractivity contribution in [2.75, 3.05) is 5.32 Å². The fraction of sp³-hybridized carbons (Fsp3) is 0.211. The minimum Gasteiger partial charge on any atom is -0.392 e. The standard InChI is InChI=1S/C19H19N5O5/c1-12-14(11-25)8-16(23(26)27)18(19(12)24(28)29)20-9-15-10-22(2)21-17(15)13-6-4-3-5-7-13/h3-8,10,20,25H,9,11H2,1-2H3. The zero-order valence-corrected chi connectivity index (χ0v) is 15.8. The van der Waals surface area contributed by atoms with E-state index in [0.717, 1.165) is 17.2 Å². The van der Waals surface area contributed by atoms with Gasteiger partial charge in [0, 0.05) is 42.5 Å². The first-order valence-corrected chi connectivity index (χ1v) is 8.71. The number of nitrogens with one attached hydrogen (secondary N) is 1. The highest BCUT2D eigenvalue weighted by atomic mass is 16.6. The van der Waals surface area contributed by atoms with Gasteiger partial charge in [0.15, 0.2) is 5.69 Å². The summed E-state index contributed by atoms with van der Waals surface area (Å²) in [5, 5.41) is 39.9. The van der Waals surface area contributed by atoms with Gasteiger partial charge in [-0.2, -0.15) is 5.10 Å². The number of rotatable bonds is 7. The Kier molecular flexibility index (Phi) is 5.55. The molecule has 150 valence electrons. The number of nitro benzene ring substituents is 2. The van der Waals surface area contributed by atoms with Crippen LogP contribution in [0.1, 0.15) is 16.7 Å². The predicted octanol–water partition coefficient (Wildman–Crippen LogP) is 3.32. The smallest absolute Gasteiger partial charge is 0.302 e. The summed E-state index contributed by atoms with van der Waals surface area (Å²) in [5.41, 5.74) is 1.50. The summed E-state index contributed by atoms with van der Waals surface area (Å²) in [6.45, 7) is 1.02. The van der Waals surface area contributed by atoms with Gasteiger partial charge in [-0.05, 0) is 12.5 Å². The van der Waals surface area contributed by atoms with E-state index in [0.29, 0.717) is 5.69 Å². The van der Waals surface area contributed by atoms with Crippen LogP contribution in [0.4, 0.5) is 17.1 Å². The van der Waals surface area contributed by atoms with Crippen LogP contribution in [0, 0.1) is 27.2 Å². The number of nitrogens with zero attached hydrogens (tertiary/aromatic N) is 4. The van der Waals surface area contributed by atoms with Crippen LogP contribution in [0.5, 0.6) is 0 Å². The largest absolute Gasteiger partial charge is 0.392 e. The Balaban J connectivity index is 2.05. The Labute approximate surface area is 165 Å². The lowest BCUT2D eigenvalue weighted by atomic mass is 10.0. The predicted molar refractivity (Wildman–Crippen MR) is 106 cm³/mol. The number of aromatic nitrogens is 2. The van der Waals surface area contributed by atoms with Gasteiger partial charge < -0.3 is 10.4 Å². The highest BCUT2D eigenvalue weighted by molar-refractivity contribution is 5.78. The van der Waals surface area contributed by atoms with Crippen LogP contribution in [0.25, 0.3) is 11.3 Å². The molecule has 3 aromatic rings. The first kappa shape index (κ1) is 20.0. The van der Waals surface area contributed by atoms with Crippen LogP contribution in [0.15, 0.2) is 42.6 Å². The van der Waals surface area contributed by atoms with E-state index >= 15 is 0 Å². The molecule has 1 heterocycles. The number of aliphatic hydroxyl groups excluding tert-OH is 1. The number of aryl methyl sites for hydroxylation is 1. The third-order valence-corrected chi connectivity index (χ3v) is 4.60. The lowest BCUT2D eigenvalue weighted by Gasteiger charge is -2.12. The van der Waals surface area contributed by atoms with Gasteiger partial charge >= 0.3 is 5.69 Å². The van der Waals surface area contributed by atoms with Gasteiger partial charge in [-0.15, -0.1) is 0 Å². The van der Waals surface area contributed by atoms with Gasteiger partial charge in [-0.3, -0.25) is 24.9 Å². The molecule has 0 atom stereocenters. The average Bonchev–Trinajstić information content (AvgIpc) is 3.07. The van der Waals surface area contributed by atoms with E-state index in [1.807, 2.05) is 30.3 Å². The molecule has 0 aliphatic rings. The van der Waals surface area contributed by atoms with Crippen molar-refractivity contribution < 1.29 is 15.0 Å². The summed E-state index contributed by atoms with van der Waals surface area (Å²) < 4.78 is 1.61. The SMILES string of the molecule is Cc1c(CO)cc([N+](=O)[O-])c(NCc2cn(C)nc2-c2ccccc2)c1[N+](=O)[O-]. The first-order valence-electron chi connectivity index (χ1n) is 8.71. The first-order chi connectivity index (χ1) is 13.8. The molecular weight excluding hydrogens is 378 g/mol. The highest BCUT2D eigenvalue weighted by Crippen LogP contribution is 2.39. The molecule has 0 aliphatic heterocycles. The molecule has 0 aliphatic carbocycles. The Bertz CT molecular complexity index is 1080. The minimum absolute atomic E-state index is 0.0949. The van der Waals surface area contributed by atoms with E-state index in [9.17, 15) is 25.3 Å². The molecule has 0 bridgehead atoms. The van der Waals surface area contributed by atoms with Crippen LogP contribution < -0.4 is 5.32 Å². The van der Waals surface area contributed by atoms with Crippen molar-refractivity contribution in [3.63, 3.8) is 0 Å². The summed E-state index contributed by atoms with van der Waals surface area (Å²) in [6.07, 6.45) is 1.75. The maximum Gasteiger partial charge on any atom is 0.302 e. The maximum absolute atomic E-state index is 11.6. The molecule has 0 radical (unpaired) electrons. The number of aliphatic hydroxyl groups is 1. The van der Waals surface area contributed by atoms with E-state index < -0.39 is 27.8 Å². The van der Waals surface area contributed by atoms with E-state index in [1.54, 1.807) is 17.9 Å². The number of anilines is 1. The minimum atomic E-state index is -0.699. The fourth-order valence-corrected chi connectivity index (χ4v) is 3.21. The second-order valence-electron chi connectivity index (χ2n) is 6.47. The maximum atomic E-state index is 11.6. The molecule has 0 fully saturated rings. The Morgan fingerprint density at radius 2 is 1.83 bits per heavy atom. The lowest BCUT2D eigenvalue weighted by molar-refractivity contribution is -0.392. The van der Waals surface area contributed by atoms with E-state index in [1.165, 1.54) is 6.92 Å². The topological polar surface area (TPSA) is 136 Å². The summed E-state index contributed by atoms with van der Waals surface area (Å²) in [6, 6.07) is 10.5. The Morgan fingerprint density at radius 1 is 1.14 bits per heavy atom. The van der Waals surface area contributed by atoms with Crippen molar-refractivity contribution in [1.29, 1.82) is 0 Å². The van der Waals surface area contributed by atoms with Gasteiger partial charge in [0.25, 0.3) is 5.69 Å². The Morgan fingerprint density at radius 3 is 2.41 bits per heavy atom. The molecule has 0 saturated carbocycles. The summed E-state index contributed by atoms with van der Waals surface area (Å²) in [4.78, 5) is 21.8. The molecule has 0 spiro atoms. The van der Waals surface area contributed by atoms with E-state index in [-0.39, 0.29) is 23.4 Å². The summed E-state index contributed by atoms with van der Waals surface area (Å²) >= 11 is 0. The molecular formula is C19H19N5O5. The average molecular weight is 397 g/mol. The molecule has 29 heavy (non-hydrogen) atoms. The molecule has 10 heteroatoms. The van der Waals surface area contributed by atoms with Crippen LogP contribution in [0.3, 0.4) is 0 Å². The van der Waals surface area contributed by atoms with Crippen LogP contribution >= 0.6 is 0 Å². The normalized spacial score (nSPS) is 10.7. The second-order valence-corrected chi connectivity index (χ2v) is 6.47. The number of hydrogen-bond donors (Lipinski definition) is 2. The fourth-order valence-electron chi connectivity index (χ4n) is 3.21. The zero-order chi connectivity index (χ0) is 21.1. The highest BCUT2D eigenvalue weighted by Gasteiger charge is 2.30. The van der Waals surface area contributed by atoms with Crippen molar-refractivity contribution >= 4 is 17.1 Å². The summed E-state index contributed by atoms with van der Waals surface area (Å²) in [7, 11) is 1.75. The van der Waals surface area contributed by atoms with Gasteiger partial charge in [-0.1, -0.05) is 30.3 Å². The molecule has 0 amide bonds. The van der Waals surface area contributed by atoms with Gasteiger partial charge in [0.2, 0.25) is 0 Å². The van der Waals surface area contributed by atoms with Gasteiger partial charge in [0.1, 0.15) is 0 Å². The van der Waals surface area contributed by atoms with Crippen LogP contribution in [-0.2, 0) is 20.2 Å². The third-order valence-electron chi connectivity index (χ3n) is 4.60. The number of benzene rings is 2. The molecule has 0 unspecified atom stereocenters. The second kappa shape index (κ2) is 8.07. The number of hydrogen-bond acceptors (Lipinski definition) is 7.